The average Bonchev–Trinajstić information content (AvgIpc) is 3.01. The van der Waals surface area contributed by atoms with E-state index in [0.29, 0.717) is 40.8 Å². The molecule has 0 radical (unpaired) electrons. The number of hydrogen-bond acceptors (Lipinski definition) is 5. The summed E-state index contributed by atoms with van der Waals surface area (Å²) in [5.41, 5.74) is 4.33. The van der Waals surface area contributed by atoms with Gasteiger partial charge in [-0.2, -0.15) is 0 Å². The van der Waals surface area contributed by atoms with Gasteiger partial charge in [0.15, 0.2) is 0 Å². The van der Waals surface area contributed by atoms with E-state index in [0.717, 1.165) is 29.8 Å². The zero-order valence-electron chi connectivity index (χ0n) is 18.2. The molecule has 4 rings (SSSR count). The van der Waals surface area contributed by atoms with Gasteiger partial charge in [0.1, 0.15) is 11.4 Å². The summed E-state index contributed by atoms with van der Waals surface area (Å²) < 4.78 is 5.21. The molecule has 0 aliphatic carbocycles. The Balaban J connectivity index is 1.82. The number of piperazine rings is 1. The minimum absolute atomic E-state index is 0.316. The smallest absolute Gasteiger partial charge is 0.282 e. The van der Waals surface area contributed by atoms with Crippen molar-refractivity contribution in [1.29, 1.82) is 0 Å². The molecule has 2 aromatic carbocycles. The molecule has 7 heteroatoms. The number of carbonyl (C=O) groups excluding carboxylic acids is 2. The number of methoxy groups -OCH3 is 1. The van der Waals surface area contributed by atoms with Crippen molar-refractivity contribution in [3.63, 3.8) is 0 Å². The third-order valence-corrected chi connectivity index (χ3v) is 6.36. The van der Waals surface area contributed by atoms with Crippen molar-refractivity contribution in [3.8, 4) is 5.75 Å². The standard InChI is InChI=1S/C24H26ClN3O3/c1-15-5-6-17(13-16(15)2)21-22(27-11-9-26(3)10-12-27)24(30)28(23(21)29)18-7-8-20(31-4)19(25)14-18/h5-8,13-14H,9-12H2,1-4H3. The van der Waals surface area contributed by atoms with Crippen LogP contribution in [0.4, 0.5) is 5.69 Å². The van der Waals surface area contributed by atoms with Crippen molar-refractivity contribution in [2.75, 3.05) is 45.2 Å². The number of nitrogens with zero attached hydrogens (tertiary/aromatic N) is 3. The largest absolute Gasteiger partial charge is 0.495 e. The predicted molar refractivity (Wildman–Crippen MR) is 122 cm³/mol. The lowest BCUT2D eigenvalue weighted by Gasteiger charge is -2.34. The number of rotatable bonds is 4. The average molecular weight is 440 g/mol. The second-order valence-corrected chi connectivity index (χ2v) is 8.48. The molecule has 1 fully saturated rings. The van der Waals surface area contributed by atoms with E-state index in [2.05, 4.69) is 11.9 Å². The zero-order valence-corrected chi connectivity index (χ0v) is 19.0. The topological polar surface area (TPSA) is 53.1 Å². The Morgan fingerprint density at radius 1 is 0.903 bits per heavy atom. The highest BCUT2D eigenvalue weighted by atomic mass is 35.5. The highest BCUT2D eigenvalue weighted by Crippen LogP contribution is 2.38. The summed E-state index contributed by atoms with van der Waals surface area (Å²) in [6, 6.07) is 10.8. The van der Waals surface area contributed by atoms with Crippen molar-refractivity contribution < 1.29 is 14.3 Å². The number of aryl methyl sites for hydroxylation is 2. The Kier molecular flexibility index (Phi) is 5.77. The van der Waals surface area contributed by atoms with E-state index in [1.54, 1.807) is 18.2 Å². The van der Waals surface area contributed by atoms with Crippen molar-refractivity contribution in [2.24, 2.45) is 0 Å². The van der Waals surface area contributed by atoms with E-state index < -0.39 is 0 Å². The fourth-order valence-electron chi connectivity index (χ4n) is 4.03. The monoisotopic (exact) mass is 439 g/mol. The van der Waals surface area contributed by atoms with Gasteiger partial charge in [-0.05, 0) is 55.8 Å². The molecule has 0 aromatic heterocycles. The van der Waals surface area contributed by atoms with Gasteiger partial charge in [0.25, 0.3) is 11.8 Å². The fraction of sp³-hybridized carbons (Fsp3) is 0.333. The summed E-state index contributed by atoms with van der Waals surface area (Å²) in [5.74, 6) is -0.154. The van der Waals surface area contributed by atoms with Crippen LogP contribution in [0.25, 0.3) is 5.57 Å². The summed E-state index contributed by atoms with van der Waals surface area (Å²) in [7, 11) is 3.58. The number of anilines is 1. The molecule has 1 saturated heterocycles. The number of likely N-dealkylation sites (N-methyl/N-ethyl adjacent to an activating group) is 1. The van der Waals surface area contributed by atoms with E-state index in [1.165, 1.54) is 12.0 Å². The first-order chi connectivity index (χ1) is 14.8. The molecular formula is C24H26ClN3O3. The van der Waals surface area contributed by atoms with Crippen LogP contribution in [0.5, 0.6) is 5.75 Å². The summed E-state index contributed by atoms with van der Waals surface area (Å²) >= 11 is 6.29. The number of ether oxygens (including phenoxy) is 1. The molecule has 2 aliphatic rings. The molecular weight excluding hydrogens is 414 g/mol. The van der Waals surface area contributed by atoms with Gasteiger partial charge in [-0.1, -0.05) is 29.8 Å². The third-order valence-electron chi connectivity index (χ3n) is 6.07. The van der Waals surface area contributed by atoms with Crippen LogP contribution in [0.1, 0.15) is 16.7 Å². The van der Waals surface area contributed by atoms with Gasteiger partial charge in [-0.25, -0.2) is 4.90 Å². The van der Waals surface area contributed by atoms with Crippen molar-refractivity contribution in [1.82, 2.24) is 9.80 Å². The fourth-order valence-corrected chi connectivity index (χ4v) is 4.28. The lowest BCUT2D eigenvalue weighted by Crippen LogP contribution is -2.46. The van der Waals surface area contributed by atoms with E-state index >= 15 is 0 Å². The van der Waals surface area contributed by atoms with E-state index in [4.69, 9.17) is 16.3 Å². The number of imide groups is 1. The number of carbonyl (C=O) groups is 2. The molecule has 0 saturated carbocycles. The number of amides is 2. The van der Waals surface area contributed by atoms with Crippen LogP contribution in [0.15, 0.2) is 42.1 Å². The van der Waals surface area contributed by atoms with Crippen LogP contribution in [0.3, 0.4) is 0 Å². The minimum atomic E-state index is -0.330. The molecule has 2 heterocycles. The molecule has 162 valence electrons. The summed E-state index contributed by atoms with van der Waals surface area (Å²) in [6.45, 7) is 7.09. The summed E-state index contributed by atoms with van der Waals surface area (Å²) in [6.07, 6.45) is 0. The van der Waals surface area contributed by atoms with Crippen LogP contribution in [0, 0.1) is 13.8 Å². The van der Waals surface area contributed by atoms with Crippen LogP contribution in [-0.4, -0.2) is 62.0 Å². The normalized spacial score (nSPS) is 17.7. The number of benzene rings is 2. The maximum Gasteiger partial charge on any atom is 0.282 e. The highest BCUT2D eigenvalue weighted by molar-refractivity contribution is 6.45. The molecule has 0 bridgehead atoms. The van der Waals surface area contributed by atoms with Crippen LogP contribution in [-0.2, 0) is 9.59 Å². The van der Waals surface area contributed by atoms with E-state index in [-0.39, 0.29) is 11.8 Å². The molecule has 6 nitrogen and oxygen atoms in total. The van der Waals surface area contributed by atoms with Crippen LogP contribution in [0.2, 0.25) is 5.02 Å². The highest BCUT2D eigenvalue weighted by Gasteiger charge is 2.43. The molecule has 2 aliphatic heterocycles. The first-order valence-corrected chi connectivity index (χ1v) is 10.7. The van der Waals surface area contributed by atoms with Gasteiger partial charge in [0.05, 0.1) is 23.4 Å². The molecule has 0 atom stereocenters. The lowest BCUT2D eigenvalue weighted by molar-refractivity contribution is -0.120. The van der Waals surface area contributed by atoms with Gasteiger partial charge >= 0.3 is 0 Å². The lowest BCUT2D eigenvalue weighted by atomic mass is 9.99. The zero-order chi connectivity index (χ0) is 22.3. The Morgan fingerprint density at radius 2 is 1.61 bits per heavy atom. The molecule has 31 heavy (non-hydrogen) atoms. The quantitative estimate of drug-likeness (QED) is 0.682. The van der Waals surface area contributed by atoms with Gasteiger partial charge in [0.2, 0.25) is 0 Å². The van der Waals surface area contributed by atoms with Gasteiger partial charge < -0.3 is 14.5 Å². The maximum absolute atomic E-state index is 13.6. The van der Waals surface area contributed by atoms with Crippen molar-refractivity contribution in [3.05, 3.63) is 63.8 Å². The van der Waals surface area contributed by atoms with Gasteiger partial charge in [0, 0.05) is 26.2 Å². The van der Waals surface area contributed by atoms with E-state index in [9.17, 15) is 9.59 Å². The molecule has 2 aromatic rings. The predicted octanol–water partition coefficient (Wildman–Crippen LogP) is 3.50. The second-order valence-electron chi connectivity index (χ2n) is 8.08. The van der Waals surface area contributed by atoms with Crippen LogP contribution >= 0.6 is 11.6 Å². The first kappa shape index (κ1) is 21.4. The Hall–Kier alpha value is -2.83. The van der Waals surface area contributed by atoms with Crippen LogP contribution < -0.4 is 9.64 Å². The Bertz CT molecular complexity index is 1090. The first-order valence-electron chi connectivity index (χ1n) is 10.3. The molecule has 0 unspecified atom stereocenters. The molecule has 0 spiro atoms. The third kappa shape index (κ3) is 3.82. The van der Waals surface area contributed by atoms with E-state index in [1.807, 2.05) is 36.9 Å². The minimum Gasteiger partial charge on any atom is -0.495 e. The Morgan fingerprint density at radius 3 is 2.23 bits per heavy atom. The number of hydrogen-bond donors (Lipinski definition) is 0. The maximum atomic E-state index is 13.6. The van der Waals surface area contributed by atoms with Crippen molar-refractivity contribution >= 4 is 34.7 Å². The second kappa shape index (κ2) is 8.36. The van der Waals surface area contributed by atoms with Gasteiger partial charge in [-0.3, -0.25) is 9.59 Å². The van der Waals surface area contributed by atoms with Gasteiger partial charge in [-0.15, -0.1) is 0 Å². The molecule has 0 N–H and O–H groups in total. The summed E-state index contributed by atoms with van der Waals surface area (Å²) in [4.78, 5) is 32.7. The van der Waals surface area contributed by atoms with Crippen molar-refractivity contribution in [2.45, 2.75) is 13.8 Å². The summed E-state index contributed by atoms with van der Waals surface area (Å²) in [5, 5.41) is 0.348. The SMILES string of the molecule is COc1ccc(N2C(=O)C(c3ccc(C)c(C)c3)=C(N3CCN(C)CC3)C2=O)cc1Cl. The molecule has 2 amide bonds. The number of halogens is 1. The Labute approximate surface area is 187 Å².